The average Bonchev–Trinajstić information content (AvgIpc) is 2.17. The molecule has 0 aliphatic heterocycles. The molecule has 0 heterocycles. The van der Waals surface area contributed by atoms with Gasteiger partial charge in [-0.1, -0.05) is 0 Å². The number of hydrogen-bond acceptors (Lipinski definition) is 7. The number of rotatable bonds is 6. The molecule has 0 aromatic heterocycles. The summed E-state index contributed by atoms with van der Waals surface area (Å²) >= 11 is 0. The van der Waals surface area contributed by atoms with Crippen molar-refractivity contribution in [2.45, 2.75) is 18.3 Å². The molecule has 0 aromatic rings. The summed E-state index contributed by atoms with van der Waals surface area (Å²) in [6.07, 6.45) is -5.16. The van der Waals surface area contributed by atoms with Gasteiger partial charge in [0, 0.05) is 0 Å². The molecule has 0 aliphatic rings. The van der Waals surface area contributed by atoms with E-state index in [9.17, 15) is 4.79 Å². The highest BCUT2D eigenvalue weighted by Gasteiger charge is 2.32. The van der Waals surface area contributed by atoms with Gasteiger partial charge in [-0.15, -0.1) is 0 Å². The van der Waals surface area contributed by atoms with Gasteiger partial charge in [0.25, 0.3) is 0 Å². The summed E-state index contributed by atoms with van der Waals surface area (Å²) in [4.78, 5) is 14.3. The number of carbonyl (C=O) groups excluding carboxylic acids is 1. The molecule has 78 valence electrons. The van der Waals surface area contributed by atoms with E-state index in [1.165, 1.54) is 0 Å². The van der Waals surface area contributed by atoms with Crippen molar-refractivity contribution in [2.24, 2.45) is 0 Å². The Kier molecular flexibility index (Phi) is 5.71. The van der Waals surface area contributed by atoms with Gasteiger partial charge in [-0.05, 0) is 0 Å². The molecule has 0 unspecified atom stereocenters. The van der Waals surface area contributed by atoms with Crippen LogP contribution in [0.3, 0.4) is 0 Å². The molecule has 0 aliphatic carbocycles. The number of ketones is 1. The Morgan fingerprint density at radius 1 is 1.31 bits per heavy atom. The molecular formula is C6H12O7. The zero-order valence-electron chi connectivity index (χ0n) is 6.70. The van der Waals surface area contributed by atoms with Gasteiger partial charge in [0.1, 0.15) is 18.8 Å². The van der Waals surface area contributed by atoms with Crippen LogP contribution in [0.1, 0.15) is 0 Å². The fraction of sp³-hybridized carbons (Fsp3) is 0.833. The molecule has 5 N–H and O–H groups in total. The van der Waals surface area contributed by atoms with Crippen LogP contribution in [-0.4, -0.2) is 63.0 Å². The minimum absolute atomic E-state index is 0.792. The molecule has 13 heavy (non-hydrogen) atoms. The molecule has 0 spiro atoms. The second kappa shape index (κ2) is 5.97. The summed E-state index contributed by atoms with van der Waals surface area (Å²) < 4.78 is 0. The average molecular weight is 196 g/mol. The van der Waals surface area contributed by atoms with Crippen LogP contribution in [0.15, 0.2) is 0 Å². The lowest BCUT2D eigenvalue weighted by molar-refractivity contribution is -0.294. The fourth-order valence-corrected chi connectivity index (χ4v) is 0.711. The summed E-state index contributed by atoms with van der Waals surface area (Å²) in [5.74, 6) is -0.998. The zero-order chi connectivity index (χ0) is 10.4. The highest BCUT2D eigenvalue weighted by atomic mass is 17.1. The van der Waals surface area contributed by atoms with Crippen LogP contribution in [0.4, 0.5) is 0 Å². The molecule has 0 aromatic carbocycles. The van der Waals surface area contributed by atoms with Gasteiger partial charge in [-0.2, -0.15) is 0 Å². The number of Topliss-reactive ketones (excluding diaryl/α,β-unsaturated/α-hetero) is 1. The third-order valence-corrected chi connectivity index (χ3v) is 1.48. The zero-order valence-corrected chi connectivity index (χ0v) is 6.70. The SMILES string of the molecule is O=C(CO)[C@@H](OO)[C@H](O)[C@@H](O)CO. The van der Waals surface area contributed by atoms with Crippen molar-refractivity contribution in [3.63, 3.8) is 0 Å². The van der Waals surface area contributed by atoms with Crippen LogP contribution >= 0.6 is 0 Å². The number of carbonyl (C=O) groups is 1. The van der Waals surface area contributed by atoms with Gasteiger partial charge in [-0.3, -0.25) is 10.1 Å². The molecule has 0 saturated heterocycles. The van der Waals surface area contributed by atoms with Crippen LogP contribution in [0.2, 0.25) is 0 Å². The summed E-state index contributed by atoms with van der Waals surface area (Å²) in [6, 6.07) is 0. The summed E-state index contributed by atoms with van der Waals surface area (Å²) in [6.45, 7) is -1.74. The first-order valence-electron chi connectivity index (χ1n) is 3.49. The lowest BCUT2D eigenvalue weighted by Crippen LogP contribution is -2.46. The maximum atomic E-state index is 10.7. The van der Waals surface area contributed by atoms with E-state index in [1.54, 1.807) is 0 Å². The quantitative estimate of drug-likeness (QED) is 0.228. The smallest absolute Gasteiger partial charge is 0.192 e. The van der Waals surface area contributed by atoms with Crippen molar-refractivity contribution < 1.29 is 35.4 Å². The number of hydrogen-bond donors (Lipinski definition) is 5. The largest absolute Gasteiger partial charge is 0.394 e. The molecule has 0 amide bonds. The molecule has 3 atom stereocenters. The monoisotopic (exact) mass is 196 g/mol. The predicted octanol–water partition coefficient (Wildman–Crippen LogP) is -2.88. The van der Waals surface area contributed by atoms with Gasteiger partial charge in [0.05, 0.1) is 6.61 Å². The lowest BCUT2D eigenvalue weighted by atomic mass is 10.1. The van der Waals surface area contributed by atoms with Crippen LogP contribution in [0.25, 0.3) is 0 Å². The van der Waals surface area contributed by atoms with Gasteiger partial charge < -0.3 is 20.4 Å². The minimum Gasteiger partial charge on any atom is -0.394 e. The van der Waals surface area contributed by atoms with Crippen molar-refractivity contribution in [3.8, 4) is 0 Å². The number of aliphatic hydroxyl groups excluding tert-OH is 4. The van der Waals surface area contributed by atoms with E-state index in [2.05, 4.69) is 4.89 Å². The first kappa shape index (κ1) is 12.4. The van der Waals surface area contributed by atoms with Crippen LogP contribution in [-0.2, 0) is 9.68 Å². The topological polar surface area (TPSA) is 127 Å². The Morgan fingerprint density at radius 3 is 2.15 bits per heavy atom. The minimum atomic E-state index is -1.78. The molecule has 7 nitrogen and oxygen atoms in total. The Labute approximate surface area is 73.7 Å². The third-order valence-electron chi connectivity index (χ3n) is 1.48. The Hall–Kier alpha value is -0.570. The van der Waals surface area contributed by atoms with Gasteiger partial charge in [-0.25, -0.2) is 4.89 Å². The normalized spacial score (nSPS) is 17.9. The second-order valence-electron chi connectivity index (χ2n) is 2.39. The van der Waals surface area contributed by atoms with Crippen LogP contribution in [0, 0.1) is 0 Å². The predicted molar refractivity (Wildman–Crippen MR) is 38.7 cm³/mol. The van der Waals surface area contributed by atoms with Gasteiger partial charge in [0.2, 0.25) is 0 Å². The summed E-state index contributed by atoms with van der Waals surface area (Å²) in [7, 11) is 0. The van der Waals surface area contributed by atoms with Crippen molar-refractivity contribution in [3.05, 3.63) is 0 Å². The maximum absolute atomic E-state index is 10.7. The highest BCUT2D eigenvalue weighted by molar-refractivity contribution is 5.84. The summed E-state index contributed by atoms with van der Waals surface area (Å²) in [5.41, 5.74) is 0. The van der Waals surface area contributed by atoms with Gasteiger partial charge in [0.15, 0.2) is 11.9 Å². The Bertz CT molecular complexity index is 159. The van der Waals surface area contributed by atoms with Crippen LogP contribution < -0.4 is 0 Å². The van der Waals surface area contributed by atoms with Crippen molar-refractivity contribution in [1.82, 2.24) is 0 Å². The van der Waals surface area contributed by atoms with E-state index < -0.39 is 37.3 Å². The molecule has 7 heteroatoms. The lowest BCUT2D eigenvalue weighted by Gasteiger charge is -2.21. The van der Waals surface area contributed by atoms with Crippen molar-refractivity contribution >= 4 is 5.78 Å². The van der Waals surface area contributed by atoms with E-state index in [4.69, 9.17) is 25.7 Å². The molecule has 0 fully saturated rings. The first-order valence-corrected chi connectivity index (χ1v) is 3.49. The van der Waals surface area contributed by atoms with E-state index in [-0.39, 0.29) is 0 Å². The Balaban J connectivity index is 4.30. The van der Waals surface area contributed by atoms with E-state index in [0.717, 1.165) is 0 Å². The molecule has 0 bridgehead atoms. The van der Waals surface area contributed by atoms with E-state index in [0.29, 0.717) is 0 Å². The van der Waals surface area contributed by atoms with Crippen LogP contribution in [0.5, 0.6) is 0 Å². The molecular weight excluding hydrogens is 184 g/mol. The fourth-order valence-electron chi connectivity index (χ4n) is 0.711. The molecule has 0 rings (SSSR count). The molecule has 0 radical (unpaired) electrons. The number of aliphatic hydroxyl groups is 4. The Morgan fingerprint density at radius 2 is 1.85 bits per heavy atom. The maximum Gasteiger partial charge on any atom is 0.192 e. The van der Waals surface area contributed by atoms with Gasteiger partial charge >= 0.3 is 0 Å². The summed E-state index contributed by atoms with van der Waals surface area (Å²) in [5, 5.41) is 42.8. The van der Waals surface area contributed by atoms with E-state index >= 15 is 0 Å². The second-order valence-corrected chi connectivity index (χ2v) is 2.39. The van der Waals surface area contributed by atoms with Crippen molar-refractivity contribution in [1.29, 1.82) is 0 Å². The third kappa shape index (κ3) is 3.35. The van der Waals surface area contributed by atoms with E-state index in [1.807, 2.05) is 0 Å². The standard InChI is InChI=1S/C6H12O7/c7-1-3(9)5(11)6(13-12)4(10)2-8/h3,5-9,11-12H,1-2H2/t3-,5+,6+/m0/s1. The van der Waals surface area contributed by atoms with Crippen molar-refractivity contribution in [2.75, 3.05) is 13.2 Å². The molecule has 0 saturated carbocycles. The highest BCUT2D eigenvalue weighted by Crippen LogP contribution is 2.04. The first-order chi connectivity index (χ1) is 6.08.